The molecule has 0 radical (unpaired) electrons. The first-order valence-electron chi connectivity index (χ1n) is 8.93. The van der Waals surface area contributed by atoms with Crippen molar-refractivity contribution in [3.63, 3.8) is 0 Å². The number of fused-ring (bicyclic) bond motifs is 1. The van der Waals surface area contributed by atoms with E-state index in [9.17, 15) is 0 Å². The maximum absolute atomic E-state index is 6.01. The molecule has 1 atom stereocenters. The predicted molar refractivity (Wildman–Crippen MR) is 112 cm³/mol. The minimum Gasteiger partial charge on any atom is -0.490 e. The molecule has 140 valence electrons. The molecule has 1 aromatic carbocycles. The molecule has 6 nitrogen and oxygen atoms in total. The van der Waals surface area contributed by atoms with Crippen molar-refractivity contribution in [1.82, 2.24) is 4.90 Å². The Labute approximate surface area is 167 Å². The molecule has 0 aromatic heterocycles. The lowest BCUT2D eigenvalue weighted by atomic mass is 10.0. The summed E-state index contributed by atoms with van der Waals surface area (Å²) in [4.78, 5) is 6.94. The molecule has 1 fully saturated rings. The SMILES string of the molecule is CC1CCCCN1CCN=C(N)Nc1ccc2c(c1)OCCCO2.I. The van der Waals surface area contributed by atoms with Gasteiger partial charge in [0.1, 0.15) is 0 Å². The van der Waals surface area contributed by atoms with Gasteiger partial charge in [-0.25, -0.2) is 0 Å². The van der Waals surface area contributed by atoms with Crippen LogP contribution in [0.15, 0.2) is 23.2 Å². The first-order valence-corrected chi connectivity index (χ1v) is 8.93. The summed E-state index contributed by atoms with van der Waals surface area (Å²) in [5.41, 5.74) is 6.88. The van der Waals surface area contributed by atoms with Gasteiger partial charge in [0.05, 0.1) is 19.8 Å². The van der Waals surface area contributed by atoms with E-state index in [2.05, 4.69) is 22.1 Å². The van der Waals surface area contributed by atoms with Crippen LogP contribution in [-0.4, -0.2) is 49.7 Å². The minimum atomic E-state index is 0. The summed E-state index contributed by atoms with van der Waals surface area (Å²) in [6.45, 7) is 6.51. The van der Waals surface area contributed by atoms with E-state index in [-0.39, 0.29) is 24.0 Å². The molecular formula is C18H29IN4O2. The minimum absolute atomic E-state index is 0. The topological polar surface area (TPSA) is 72.1 Å². The fourth-order valence-electron chi connectivity index (χ4n) is 3.22. The van der Waals surface area contributed by atoms with Gasteiger partial charge in [-0.2, -0.15) is 0 Å². The number of aliphatic imine (C=N–C) groups is 1. The third kappa shape index (κ3) is 5.91. The summed E-state index contributed by atoms with van der Waals surface area (Å²) in [6, 6.07) is 6.41. The Morgan fingerprint density at radius 1 is 1.24 bits per heavy atom. The summed E-state index contributed by atoms with van der Waals surface area (Å²) >= 11 is 0. The third-order valence-corrected chi connectivity index (χ3v) is 4.63. The van der Waals surface area contributed by atoms with Crippen LogP contribution in [0.3, 0.4) is 0 Å². The average Bonchev–Trinajstić information content (AvgIpc) is 2.81. The standard InChI is InChI=1S/C18H28N4O2.HI/c1-14-5-2-3-9-22(14)10-8-20-18(19)21-15-6-7-16-17(13-15)24-12-4-11-23-16;/h6-7,13-14H,2-5,8-12H2,1H3,(H3,19,20,21);1H. The van der Waals surface area contributed by atoms with Crippen molar-refractivity contribution in [2.75, 3.05) is 38.2 Å². The van der Waals surface area contributed by atoms with Crippen molar-refractivity contribution < 1.29 is 9.47 Å². The number of ether oxygens (including phenoxy) is 2. The van der Waals surface area contributed by atoms with E-state index in [4.69, 9.17) is 15.2 Å². The van der Waals surface area contributed by atoms with Gasteiger partial charge >= 0.3 is 0 Å². The highest BCUT2D eigenvalue weighted by Crippen LogP contribution is 2.32. The van der Waals surface area contributed by atoms with E-state index in [1.807, 2.05) is 18.2 Å². The predicted octanol–water partition coefficient (Wildman–Crippen LogP) is 3.07. The van der Waals surface area contributed by atoms with Crippen molar-refractivity contribution in [2.45, 2.75) is 38.6 Å². The lowest BCUT2D eigenvalue weighted by Crippen LogP contribution is -2.39. The number of piperidine rings is 1. The number of nitrogens with zero attached hydrogens (tertiary/aromatic N) is 2. The fourth-order valence-corrected chi connectivity index (χ4v) is 3.22. The zero-order valence-electron chi connectivity index (χ0n) is 14.9. The molecule has 2 aliphatic rings. The van der Waals surface area contributed by atoms with Crippen molar-refractivity contribution >= 4 is 35.6 Å². The zero-order chi connectivity index (χ0) is 16.8. The number of rotatable bonds is 4. The van der Waals surface area contributed by atoms with Crippen LogP contribution in [-0.2, 0) is 0 Å². The number of nitrogens with one attached hydrogen (secondary N) is 1. The second-order valence-corrected chi connectivity index (χ2v) is 6.48. The van der Waals surface area contributed by atoms with Crippen molar-refractivity contribution in [2.24, 2.45) is 10.7 Å². The summed E-state index contributed by atoms with van der Waals surface area (Å²) in [7, 11) is 0. The second-order valence-electron chi connectivity index (χ2n) is 6.48. The maximum atomic E-state index is 6.01. The van der Waals surface area contributed by atoms with Gasteiger partial charge in [-0.3, -0.25) is 9.89 Å². The van der Waals surface area contributed by atoms with Crippen LogP contribution in [0.4, 0.5) is 5.69 Å². The third-order valence-electron chi connectivity index (χ3n) is 4.63. The Bertz CT molecular complexity index is 582. The summed E-state index contributed by atoms with van der Waals surface area (Å²) in [6.07, 6.45) is 4.82. The number of benzene rings is 1. The number of nitrogens with two attached hydrogens (primary N) is 1. The average molecular weight is 460 g/mol. The summed E-state index contributed by atoms with van der Waals surface area (Å²) < 4.78 is 11.3. The largest absolute Gasteiger partial charge is 0.490 e. The molecule has 25 heavy (non-hydrogen) atoms. The van der Waals surface area contributed by atoms with Gasteiger partial charge in [-0.1, -0.05) is 6.42 Å². The van der Waals surface area contributed by atoms with Crippen LogP contribution in [0.5, 0.6) is 11.5 Å². The van der Waals surface area contributed by atoms with E-state index in [1.165, 1.54) is 25.8 Å². The molecule has 2 heterocycles. The number of likely N-dealkylation sites (tertiary alicyclic amines) is 1. The lowest BCUT2D eigenvalue weighted by Gasteiger charge is -2.32. The van der Waals surface area contributed by atoms with Crippen LogP contribution in [0.25, 0.3) is 0 Å². The van der Waals surface area contributed by atoms with Gasteiger partial charge in [0.15, 0.2) is 17.5 Å². The highest BCUT2D eigenvalue weighted by molar-refractivity contribution is 14.0. The summed E-state index contributed by atoms with van der Waals surface area (Å²) in [5.74, 6) is 1.98. The molecule has 0 aliphatic carbocycles. The van der Waals surface area contributed by atoms with Gasteiger partial charge in [-0.15, -0.1) is 24.0 Å². The van der Waals surface area contributed by atoms with Crippen LogP contribution in [0.1, 0.15) is 32.6 Å². The smallest absolute Gasteiger partial charge is 0.193 e. The lowest BCUT2D eigenvalue weighted by molar-refractivity contribution is 0.166. The van der Waals surface area contributed by atoms with E-state index >= 15 is 0 Å². The van der Waals surface area contributed by atoms with Crippen LogP contribution in [0.2, 0.25) is 0 Å². The van der Waals surface area contributed by atoms with Gasteiger partial charge in [0.25, 0.3) is 0 Å². The van der Waals surface area contributed by atoms with Crippen LogP contribution >= 0.6 is 24.0 Å². The van der Waals surface area contributed by atoms with Gasteiger partial charge in [-0.05, 0) is 38.4 Å². The molecule has 0 saturated carbocycles. The normalized spacial score (nSPS) is 21.2. The number of guanidine groups is 1. The number of halogens is 1. The first kappa shape index (κ1) is 20.1. The van der Waals surface area contributed by atoms with Gasteiger partial charge in [0.2, 0.25) is 0 Å². The molecular weight excluding hydrogens is 431 g/mol. The zero-order valence-corrected chi connectivity index (χ0v) is 17.2. The molecule has 7 heteroatoms. The molecule has 2 aliphatic heterocycles. The molecule has 0 bridgehead atoms. The first-order chi connectivity index (χ1) is 11.7. The molecule has 3 N–H and O–H groups in total. The Hall–Kier alpha value is -1.22. The Kier molecular flexibility index (Phi) is 8.08. The molecule has 1 aromatic rings. The Balaban J connectivity index is 0.00000225. The highest BCUT2D eigenvalue weighted by atomic mass is 127. The summed E-state index contributed by atoms with van der Waals surface area (Å²) in [5, 5.41) is 3.14. The molecule has 0 amide bonds. The van der Waals surface area contributed by atoms with E-state index in [0.717, 1.165) is 30.2 Å². The van der Waals surface area contributed by atoms with Gasteiger partial charge < -0.3 is 20.5 Å². The second kappa shape index (κ2) is 10.1. The quantitative estimate of drug-likeness (QED) is 0.411. The van der Waals surface area contributed by atoms with E-state index in [1.54, 1.807) is 0 Å². The van der Waals surface area contributed by atoms with Crippen molar-refractivity contribution in [1.29, 1.82) is 0 Å². The number of hydrogen-bond acceptors (Lipinski definition) is 4. The van der Waals surface area contributed by atoms with E-state index in [0.29, 0.717) is 31.8 Å². The molecule has 1 unspecified atom stereocenters. The highest BCUT2D eigenvalue weighted by Gasteiger charge is 2.17. The molecule has 1 saturated heterocycles. The van der Waals surface area contributed by atoms with Crippen molar-refractivity contribution in [3.8, 4) is 11.5 Å². The number of hydrogen-bond donors (Lipinski definition) is 2. The van der Waals surface area contributed by atoms with E-state index < -0.39 is 0 Å². The van der Waals surface area contributed by atoms with Crippen LogP contribution < -0.4 is 20.5 Å². The Morgan fingerprint density at radius 2 is 2.04 bits per heavy atom. The maximum Gasteiger partial charge on any atom is 0.193 e. The Morgan fingerprint density at radius 3 is 2.84 bits per heavy atom. The molecule has 3 rings (SSSR count). The monoisotopic (exact) mass is 460 g/mol. The van der Waals surface area contributed by atoms with Crippen molar-refractivity contribution in [3.05, 3.63) is 18.2 Å². The van der Waals surface area contributed by atoms with Gasteiger partial charge in [0, 0.05) is 30.8 Å². The fraction of sp³-hybridized carbons (Fsp3) is 0.611. The van der Waals surface area contributed by atoms with Crippen LogP contribution in [0, 0.1) is 0 Å². The number of anilines is 1. The molecule has 0 spiro atoms.